The lowest BCUT2D eigenvalue weighted by molar-refractivity contribution is -0.118. The number of nitrogens with one attached hydrogen (secondary N) is 1. The molecule has 0 fully saturated rings. The van der Waals surface area contributed by atoms with Crippen LogP contribution in [0.4, 0.5) is 11.4 Å². The van der Waals surface area contributed by atoms with E-state index in [1.54, 1.807) is 35.7 Å². The summed E-state index contributed by atoms with van der Waals surface area (Å²) >= 11 is 0. The second-order valence-corrected chi connectivity index (χ2v) is 7.66. The number of hydrogen-bond donors (Lipinski definition) is 1. The molecule has 0 bridgehead atoms. The minimum atomic E-state index is -0.586. The van der Waals surface area contributed by atoms with Crippen molar-refractivity contribution in [3.63, 3.8) is 0 Å². The Labute approximate surface area is 151 Å². The van der Waals surface area contributed by atoms with E-state index in [-0.39, 0.29) is 17.1 Å². The van der Waals surface area contributed by atoms with Crippen molar-refractivity contribution < 1.29 is 14.0 Å². The summed E-state index contributed by atoms with van der Waals surface area (Å²) in [4.78, 5) is 31.6. The summed E-state index contributed by atoms with van der Waals surface area (Å²) in [5.74, 6) is 0.455. The van der Waals surface area contributed by atoms with E-state index >= 15 is 0 Å². The van der Waals surface area contributed by atoms with Crippen molar-refractivity contribution in [1.29, 1.82) is 0 Å². The monoisotopic (exact) mass is 351 g/mol. The first-order valence-corrected chi connectivity index (χ1v) is 8.68. The lowest BCUT2D eigenvalue weighted by Gasteiger charge is -2.35. The Bertz CT molecular complexity index is 912. The SMILES string of the molecule is CC(=O)N1c2ccncc2NC2=C(C(=O)CC(C)(C)C2)C1c1ccco1. The highest BCUT2D eigenvalue weighted by Gasteiger charge is 2.43. The Morgan fingerprint density at radius 1 is 1.35 bits per heavy atom. The molecule has 2 aromatic rings. The minimum absolute atomic E-state index is 0.0390. The highest BCUT2D eigenvalue weighted by molar-refractivity contribution is 6.05. The van der Waals surface area contributed by atoms with Gasteiger partial charge in [0.05, 0.1) is 23.8 Å². The fraction of sp³-hybridized carbons (Fsp3) is 0.350. The number of furan rings is 1. The van der Waals surface area contributed by atoms with E-state index in [2.05, 4.69) is 24.1 Å². The summed E-state index contributed by atoms with van der Waals surface area (Å²) in [7, 11) is 0. The number of carbonyl (C=O) groups excluding carboxylic acids is 2. The summed E-state index contributed by atoms with van der Waals surface area (Å²) in [5.41, 5.74) is 2.70. The normalized spacial score (nSPS) is 21.6. The zero-order valence-corrected chi connectivity index (χ0v) is 15.1. The number of fused-ring (bicyclic) bond motifs is 1. The van der Waals surface area contributed by atoms with Crippen LogP contribution in [0.25, 0.3) is 0 Å². The molecule has 6 nitrogen and oxygen atoms in total. The topological polar surface area (TPSA) is 75.4 Å². The van der Waals surface area contributed by atoms with Gasteiger partial charge in [-0.05, 0) is 30.0 Å². The van der Waals surface area contributed by atoms with Gasteiger partial charge in [0, 0.05) is 30.8 Å². The van der Waals surface area contributed by atoms with Gasteiger partial charge in [0.2, 0.25) is 5.91 Å². The van der Waals surface area contributed by atoms with E-state index in [0.29, 0.717) is 29.9 Å². The maximum absolute atomic E-state index is 13.1. The van der Waals surface area contributed by atoms with E-state index < -0.39 is 6.04 Å². The van der Waals surface area contributed by atoms with Gasteiger partial charge in [-0.15, -0.1) is 0 Å². The molecule has 0 spiro atoms. The number of nitrogens with zero attached hydrogens (tertiary/aromatic N) is 2. The number of anilines is 2. The number of Topliss-reactive ketones (excluding diaryl/α,β-unsaturated/α-hetero) is 1. The Balaban J connectivity index is 2.00. The maximum Gasteiger partial charge on any atom is 0.224 e. The lowest BCUT2D eigenvalue weighted by atomic mass is 9.74. The molecule has 6 heteroatoms. The van der Waals surface area contributed by atoms with E-state index in [4.69, 9.17) is 4.42 Å². The van der Waals surface area contributed by atoms with Crippen molar-refractivity contribution in [2.75, 3.05) is 10.2 Å². The molecular formula is C20H21N3O3. The summed E-state index contributed by atoms with van der Waals surface area (Å²) in [6.07, 6.45) is 6.05. The number of aromatic nitrogens is 1. The van der Waals surface area contributed by atoms with Crippen LogP contribution in [-0.2, 0) is 9.59 Å². The summed E-state index contributed by atoms with van der Waals surface area (Å²) in [5, 5.41) is 3.38. The predicted molar refractivity (Wildman–Crippen MR) is 97.5 cm³/mol. The van der Waals surface area contributed by atoms with E-state index in [0.717, 1.165) is 11.4 Å². The molecule has 1 atom stereocenters. The highest BCUT2D eigenvalue weighted by Crippen LogP contribution is 2.48. The van der Waals surface area contributed by atoms with Crippen molar-refractivity contribution in [2.24, 2.45) is 5.41 Å². The first-order chi connectivity index (χ1) is 12.4. The van der Waals surface area contributed by atoms with Crippen LogP contribution in [0.2, 0.25) is 0 Å². The molecule has 4 rings (SSSR count). The number of hydrogen-bond acceptors (Lipinski definition) is 5. The van der Waals surface area contributed by atoms with Crippen LogP contribution in [-0.4, -0.2) is 16.7 Å². The third-order valence-electron chi connectivity index (χ3n) is 4.95. The Kier molecular flexibility index (Phi) is 3.72. The molecule has 1 aliphatic heterocycles. The van der Waals surface area contributed by atoms with Crippen molar-refractivity contribution in [3.8, 4) is 0 Å². The molecule has 0 saturated carbocycles. The summed E-state index contributed by atoms with van der Waals surface area (Å²) in [6.45, 7) is 5.66. The highest BCUT2D eigenvalue weighted by atomic mass is 16.3. The molecule has 0 radical (unpaired) electrons. The van der Waals surface area contributed by atoms with E-state index in [1.165, 1.54) is 6.92 Å². The number of rotatable bonds is 1. The Morgan fingerprint density at radius 3 is 2.85 bits per heavy atom. The van der Waals surface area contributed by atoms with Crippen LogP contribution in [0, 0.1) is 5.41 Å². The lowest BCUT2D eigenvalue weighted by Crippen LogP contribution is -2.38. The van der Waals surface area contributed by atoms with Gasteiger partial charge >= 0.3 is 0 Å². The fourth-order valence-corrected chi connectivity index (χ4v) is 3.96. The van der Waals surface area contributed by atoms with Gasteiger partial charge in [-0.25, -0.2) is 0 Å². The summed E-state index contributed by atoms with van der Waals surface area (Å²) in [6, 6.07) is 4.78. The van der Waals surface area contributed by atoms with Crippen molar-refractivity contribution in [1.82, 2.24) is 4.98 Å². The fourth-order valence-electron chi connectivity index (χ4n) is 3.96. The Morgan fingerprint density at radius 2 is 2.15 bits per heavy atom. The number of amides is 1. The zero-order chi connectivity index (χ0) is 18.5. The second-order valence-electron chi connectivity index (χ2n) is 7.66. The molecule has 1 unspecified atom stereocenters. The van der Waals surface area contributed by atoms with Gasteiger partial charge in [-0.3, -0.25) is 19.5 Å². The average Bonchev–Trinajstić information content (AvgIpc) is 3.02. The van der Waals surface area contributed by atoms with Crippen LogP contribution < -0.4 is 10.2 Å². The van der Waals surface area contributed by atoms with Crippen LogP contribution in [0.5, 0.6) is 0 Å². The van der Waals surface area contributed by atoms with Crippen molar-refractivity contribution in [2.45, 2.75) is 39.7 Å². The predicted octanol–water partition coefficient (Wildman–Crippen LogP) is 3.84. The molecule has 1 aliphatic carbocycles. The first-order valence-electron chi connectivity index (χ1n) is 8.68. The molecule has 1 N–H and O–H groups in total. The van der Waals surface area contributed by atoms with Crippen LogP contribution in [0.1, 0.15) is 45.4 Å². The van der Waals surface area contributed by atoms with Gasteiger partial charge in [0.15, 0.2) is 5.78 Å². The van der Waals surface area contributed by atoms with Gasteiger partial charge in [-0.1, -0.05) is 13.8 Å². The third-order valence-corrected chi connectivity index (χ3v) is 4.95. The molecule has 3 heterocycles. The molecule has 134 valence electrons. The molecule has 2 aliphatic rings. The molecule has 0 aromatic carbocycles. The molecule has 26 heavy (non-hydrogen) atoms. The van der Waals surface area contributed by atoms with E-state index in [1.807, 2.05) is 6.07 Å². The van der Waals surface area contributed by atoms with Crippen LogP contribution in [0.15, 0.2) is 52.5 Å². The first kappa shape index (κ1) is 16.6. The molecule has 1 amide bonds. The molecule has 2 aromatic heterocycles. The van der Waals surface area contributed by atoms with Gasteiger partial charge in [0.1, 0.15) is 11.8 Å². The second kappa shape index (κ2) is 5.83. The number of allylic oxidation sites excluding steroid dienone is 1. The maximum atomic E-state index is 13.1. The van der Waals surface area contributed by atoms with Crippen LogP contribution >= 0.6 is 0 Å². The van der Waals surface area contributed by atoms with Crippen molar-refractivity contribution >= 4 is 23.1 Å². The molecular weight excluding hydrogens is 330 g/mol. The smallest absolute Gasteiger partial charge is 0.224 e. The van der Waals surface area contributed by atoms with Crippen LogP contribution in [0.3, 0.4) is 0 Å². The number of pyridine rings is 1. The zero-order valence-electron chi connectivity index (χ0n) is 15.1. The van der Waals surface area contributed by atoms with Gasteiger partial charge in [0.25, 0.3) is 0 Å². The number of carbonyl (C=O) groups is 2. The quantitative estimate of drug-likeness (QED) is 0.845. The van der Waals surface area contributed by atoms with Crippen molar-refractivity contribution in [3.05, 3.63) is 53.9 Å². The standard InChI is InChI=1S/C20H21N3O3/c1-12(24)23-15-6-7-21-11-14(15)22-13-9-20(2,3)10-16(25)18(13)19(23)17-5-4-8-26-17/h4-8,11,19,22H,9-10H2,1-3H3. The summed E-state index contributed by atoms with van der Waals surface area (Å²) < 4.78 is 5.65. The van der Waals surface area contributed by atoms with Gasteiger partial charge < -0.3 is 9.73 Å². The largest absolute Gasteiger partial charge is 0.467 e. The average molecular weight is 351 g/mol. The number of ketones is 1. The van der Waals surface area contributed by atoms with Gasteiger partial charge in [-0.2, -0.15) is 0 Å². The Hall–Kier alpha value is -2.89. The van der Waals surface area contributed by atoms with E-state index in [9.17, 15) is 9.59 Å². The molecule has 0 saturated heterocycles. The minimum Gasteiger partial charge on any atom is -0.467 e. The third kappa shape index (κ3) is 2.62.